The van der Waals surface area contributed by atoms with Gasteiger partial charge in [0.15, 0.2) is 5.75 Å². The van der Waals surface area contributed by atoms with Crippen LogP contribution in [0.4, 0.5) is 10.5 Å². The van der Waals surface area contributed by atoms with Crippen molar-refractivity contribution in [3.05, 3.63) is 84.7 Å². The SMILES string of the molecule is C=CCN1C(=O)S/C(=C/c2cc(Cl)c(OCc3ccc([N+](=O)[O-])cc3)c(Br)c2)C1=O. The van der Waals surface area contributed by atoms with Gasteiger partial charge < -0.3 is 4.74 Å². The van der Waals surface area contributed by atoms with Gasteiger partial charge in [0.2, 0.25) is 0 Å². The fourth-order valence-corrected chi connectivity index (χ4v) is 4.45. The average Bonchev–Trinajstić information content (AvgIpc) is 2.95. The highest BCUT2D eigenvalue weighted by molar-refractivity contribution is 9.10. The standard InChI is InChI=1S/C20H14BrClN2O5S/c1-2-7-23-19(25)17(30-20(23)26)10-13-8-15(21)18(16(22)9-13)29-11-12-3-5-14(6-4-12)24(27)28/h2-6,8-10H,1,7,11H2/b17-10+. The lowest BCUT2D eigenvalue weighted by molar-refractivity contribution is -0.384. The Balaban J connectivity index is 1.75. The molecule has 1 heterocycles. The van der Waals surface area contributed by atoms with Crippen LogP contribution in [-0.2, 0) is 11.4 Å². The monoisotopic (exact) mass is 508 g/mol. The van der Waals surface area contributed by atoms with E-state index in [0.29, 0.717) is 25.7 Å². The zero-order valence-electron chi connectivity index (χ0n) is 15.3. The second-order valence-electron chi connectivity index (χ2n) is 6.11. The first kappa shape index (κ1) is 22.1. The maximum atomic E-state index is 12.3. The third kappa shape index (κ3) is 4.92. The fourth-order valence-electron chi connectivity index (χ4n) is 2.61. The van der Waals surface area contributed by atoms with Gasteiger partial charge in [-0.1, -0.05) is 17.7 Å². The Morgan fingerprint density at radius 3 is 2.57 bits per heavy atom. The zero-order chi connectivity index (χ0) is 21.8. The molecule has 1 aliphatic heterocycles. The first-order chi connectivity index (χ1) is 14.3. The van der Waals surface area contributed by atoms with Crippen molar-refractivity contribution in [3.63, 3.8) is 0 Å². The van der Waals surface area contributed by atoms with Crippen molar-refractivity contribution in [1.29, 1.82) is 0 Å². The van der Waals surface area contributed by atoms with Crippen LogP contribution >= 0.6 is 39.3 Å². The van der Waals surface area contributed by atoms with E-state index in [4.69, 9.17) is 16.3 Å². The minimum Gasteiger partial charge on any atom is -0.486 e. The summed E-state index contributed by atoms with van der Waals surface area (Å²) in [5, 5.41) is 10.7. The molecule has 0 N–H and O–H groups in total. The summed E-state index contributed by atoms with van der Waals surface area (Å²) in [4.78, 5) is 35.9. The predicted octanol–water partition coefficient (Wildman–Crippen LogP) is 5.81. The van der Waals surface area contributed by atoms with Crippen LogP contribution in [0.2, 0.25) is 5.02 Å². The number of hydrogen-bond acceptors (Lipinski definition) is 6. The number of carbonyl (C=O) groups is 2. The molecule has 3 rings (SSSR count). The molecule has 154 valence electrons. The van der Waals surface area contributed by atoms with Crippen LogP contribution in [-0.4, -0.2) is 27.5 Å². The predicted molar refractivity (Wildman–Crippen MR) is 119 cm³/mol. The normalized spacial score (nSPS) is 15.0. The lowest BCUT2D eigenvalue weighted by Crippen LogP contribution is -2.27. The summed E-state index contributed by atoms with van der Waals surface area (Å²) in [6, 6.07) is 9.36. The van der Waals surface area contributed by atoms with E-state index in [1.807, 2.05) is 0 Å². The van der Waals surface area contributed by atoms with Gasteiger partial charge in [-0.2, -0.15) is 0 Å². The van der Waals surface area contributed by atoms with Crippen molar-refractivity contribution in [2.24, 2.45) is 0 Å². The van der Waals surface area contributed by atoms with Gasteiger partial charge in [0, 0.05) is 18.7 Å². The highest BCUT2D eigenvalue weighted by Crippen LogP contribution is 2.38. The van der Waals surface area contributed by atoms with Gasteiger partial charge in [0.1, 0.15) is 6.61 Å². The second kappa shape index (κ2) is 9.46. The Kier molecular flexibility index (Phi) is 6.96. The minimum absolute atomic E-state index is 0.000166. The van der Waals surface area contributed by atoms with E-state index in [1.54, 1.807) is 30.3 Å². The van der Waals surface area contributed by atoms with Crippen LogP contribution in [0, 0.1) is 10.1 Å². The molecule has 1 aliphatic rings. The number of thioether (sulfide) groups is 1. The molecule has 0 aromatic heterocycles. The van der Waals surface area contributed by atoms with E-state index in [9.17, 15) is 19.7 Å². The van der Waals surface area contributed by atoms with Crippen LogP contribution in [0.1, 0.15) is 11.1 Å². The molecule has 10 heteroatoms. The fraction of sp³-hybridized carbons (Fsp3) is 0.100. The van der Waals surface area contributed by atoms with Crippen molar-refractivity contribution in [1.82, 2.24) is 4.90 Å². The molecule has 0 spiro atoms. The number of nitro benzene ring substituents is 1. The summed E-state index contributed by atoms with van der Waals surface area (Å²) in [5.41, 5.74) is 1.36. The smallest absolute Gasteiger partial charge is 0.293 e. The summed E-state index contributed by atoms with van der Waals surface area (Å²) in [7, 11) is 0. The number of nitrogens with zero attached hydrogens (tertiary/aromatic N) is 2. The molecular weight excluding hydrogens is 496 g/mol. The number of benzene rings is 2. The molecule has 7 nitrogen and oxygen atoms in total. The Labute approximate surface area is 189 Å². The van der Waals surface area contributed by atoms with E-state index < -0.39 is 4.92 Å². The molecule has 30 heavy (non-hydrogen) atoms. The summed E-state index contributed by atoms with van der Waals surface area (Å²) in [5.74, 6) is 0.0163. The Morgan fingerprint density at radius 2 is 1.97 bits per heavy atom. The minimum atomic E-state index is -0.469. The van der Waals surface area contributed by atoms with Gasteiger partial charge in [0.25, 0.3) is 16.8 Å². The third-order valence-electron chi connectivity index (χ3n) is 4.03. The number of hydrogen-bond donors (Lipinski definition) is 0. The summed E-state index contributed by atoms with van der Waals surface area (Å²) < 4.78 is 6.31. The van der Waals surface area contributed by atoms with Crippen molar-refractivity contribution in [2.75, 3.05) is 6.54 Å². The first-order valence-electron chi connectivity index (χ1n) is 8.51. The highest BCUT2D eigenvalue weighted by Gasteiger charge is 2.34. The van der Waals surface area contributed by atoms with Gasteiger partial charge in [-0.05, 0) is 69.2 Å². The number of carbonyl (C=O) groups excluding carboxylic acids is 2. The molecule has 0 aliphatic carbocycles. The van der Waals surface area contributed by atoms with E-state index >= 15 is 0 Å². The number of ether oxygens (including phenoxy) is 1. The maximum absolute atomic E-state index is 12.3. The number of amides is 2. The molecule has 0 atom stereocenters. The van der Waals surface area contributed by atoms with Crippen molar-refractivity contribution >= 4 is 62.2 Å². The van der Waals surface area contributed by atoms with Crippen molar-refractivity contribution in [3.8, 4) is 5.75 Å². The lowest BCUT2D eigenvalue weighted by atomic mass is 10.2. The molecule has 2 aromatic carbocycles. The van der Waals surface area contributed by atoms with Crippen LogP contribution in [0.15, 0.2) is 58.4 Å². The quantitative estimate of drug-likeness (QED) is 0.202. The summed E-state index contributed by atoms with van der Waals surface area (Å²) >= 11 is 10.6. The van der Waals surface area contributed by atoms with Crippen LogP contribution in [0.25, 0.3) is 6.08 Å². The first-order valence-corrected chi connectivity index (χ1v) is 10.5. The highest BCUT2D eigenvalue weighted by atomic mass is 79.9. The second-order valence-corrected chi connectivity index (χ2v) is 8.36. The molecule has 0 unspecified atom stereocenters. The van der Waals surface area contributed by atoms with Crippen molar-refractivity contribution in [2.45, 2.75) is 6.61 Å². The molecular formula is C20H14BrClN2O5S. The maximum Gasteiger partial charge on any atom is 0.293 e. The van der Waals surface area contributed by atoms with Gasteiger partial charge in [0.05, 0.1) is 19.3 Å². The molecule has 1 saturated heterocycles. The van der Waals surface area contributed by atoms with Gasteiger partial charge in [-0.3, -0.25) is 24.6 Å². The van der Waals surface area contributed by atoms with Crippen LogP contribution in [0.5, 0.6) is 5.75 Å². The largest absolute Gasteiger partial charge is 0.486 e. The topological polar surface area (TPSA) is 89.8 Å². The number of rotatable bonds is 7. The van der Waals surface area contributed by atoms with Crippen molar-refractivity contribution < 1.29 is 19.2 Å². The van der Waals surface area contributed by atoms with E-state index in [2.05, 4.69) is 22.5 Å². The summed E-state index contributed by atoms with van der Waals surface area (Å²) in [6.07, 6.45) is 3.08. The Hall–Kier alpha value is -2.62. The van der Waals surface area contributed by atoms with Gasteiger partial charge in [-0.25, -0.2) is 0 Å². The lowest BCUT2D eigenvalue weighted by Gasteiger charge is -2.11. The molecule has 2 amide bonds. The number of halogens is 2. The van der Waals surface area contributed by atoms with Crippen LogP contribution < -0.4 is 4.74 Å². The van der Waals surface area contributed by atoms with Gasteiger partial charge >= 0.3 is 0 Å². The molecule has 0 bridgehead atoms. The number of imide groups is 1. The zero-order valence-corrected chi connectivity index (χ0v) is 18.5. The van der Waals surface area contributed by atoms with E-state index in [1.165, 1.54) is 18.2 Å². The van der Waals surface area contributed by atoms with Gasteiger partial charge in [-0.15, -0.1) is 6.58 Å². The molecule has 0 radical (unpaired) electrons. The van der Waals surface area contributed by atoms with E-state index in [-0.39, 0.29) is 30.0 Å². The van der Waals surface area contributed by atoms with Crippen LogP contribution in [0.3, 0.4) is 0 Å². The third-order valence-corrected chi connectivity index (χ3v) is 5.81. The average molecular weight is 510 g/mol. The Bertz CT molecular complexity index is 1050. The number of non-ortho nitro benzene ring substituents is 1. The molecule has 0 saturated carbocycles. The number of nitro groups is 1. The van der Waals surface area contributed by atoms with E-state index in [0.717, 1.165) is 22.2 Å². The summed E-state index contributed by atoms with van der Waals surface area (Å²) in [6.45, 7) is 3.86. The molecule has 2 aromatic rings. The molecule has 1 fully saturated rings. The Morgan fingerprint density at radius 1 is 1.27 bits per heavy atom.